The molecule has 2 aliphatic rings. The Balaban J connectivity index is 1.79. The second-order valence-electron chi connectivity index (χ2n) is 6.11. The van der Waals surface area contributed by atoms with Crippen LogP contribution in [0.25, 0.3) is 0 Å². The predicted octanol–water partition coefficient (Wildman–Crippen LogP) is 1.39. The number of allylic oxidation sites excluding steroid dienone is 1. The van der Waals surface area contributed by atoms with Gasteiger partial charge in [0.05, 0.1) is 5.70 Å². The molecule has 0 saturated carbocycles. The largest absolute Gasteiger partial charge is 0.334 e. The van der Waals surface area contributed by atoms with Gasteiger partial charge < -0.3 is 4.84 Å². The molecule has 2 saturated heterocycles. The molecule has 7 heteroatoms. The molecule has 2 heterocycles. The fourth-order valence-electron chi connectivity index (χ4n) is 2.63. The summed E-state index contributed by atoms with van der Waals surface area (Å²) in [7, 11) is 0. The number of rotatable bonds is 6. The predicted molar refractivity (Wildman–Crippen MR) is 80.2 cm³/mol. The molecule has 0 bridgehead atoms. The Morgan fingerprint density at radius 3 is 2.61 bits per heavy atom. The lowest BCUT2D eigenvalue weighted by molar-refractivity contribution is -0.186. The number of amides is 3. The van der Waals surface area contributed by atoms with E-state index in [0.717, 1.165) is 5.06 Å². The minimum absolute atomic E-state index is 0.0386. The summed E-state index contributed by atoms with van der Waals surface area (Å²) in [5.74, 6) is -1.86. The third-order valence-electron chi connectivity index (χ3n) is 4.04. The molecule has 2 unspecified atom stereocenters. The van der Waals surface area contributed by atoms with Crippen LogP contribution in [-0.4, -0.2) is 40.2 Å². The highest BCUT2D eigenvalue weighted by Crippen LogP contribution is 2.26. The SMILES string of the molecule is [2H]C1CC(=C)N(OC(=O)CCCN2C(=O)CC(C(C)C)C2=O)C1=O. The van der Waals surface area contributed by atoms with Crippen LogP contribution in [-0.2, 0) is 24.0 Å². The minimum atomic E-state index is -0.988. The lowest BCUT2D eigenvalue weighted by atomic mass is 9.94. The molecule has 0 aromatic carbocycles. The van der Waals surface area contributed by atoms with Crippen molar-refractivity contribution >= 4 is 23.7 Å². The summed E-state index contributed by atoms with van der Waals surface area (Å²) in [6, 6.07) is 0. The highest BCUT2D eigenvalue weighted by Gasteiger charge is 2.39. The molecule has 23 heavy (non-hydrogen) atoms. The monoisotopic (exact) mass is 323 g/mol. The first-order valence-corrected chi connectivity index (χ1v) is 7.71. The highest BCUT2D eigenvalue weighted by molar-refractivity contribution is 6.03. The molecule has 0 spiro atoms. The topological polar surface area (TPSA) is 84.0 Å². The molecule has 2 aliphatic heterocycles. The third kappa shape index (κ3) is 3.78. The van der Waals surface area contributed by atoms with Crippen molar-refractivity contribution in [3.63, 3.8) is 0 Å². The van der Waals surface area contributed by atoms with Crippen molar-refractivity contribution < 1.29 is 25.4 Å². The number of carbonyl (C=O) groups is 4. The van der Waals surface area contributed by atoms with Crippen molar-refractivity contribution in [3.8, 4) is 0 Å². The third-order valence-corrected chi connectivity index (χ3v) is 4.04. The summed E-state index contributed by atoms with van der Waals surface area (Å²) in [6.07, 6.45) is -0.408. The molecule has 126 valence electrons. The summed E-state index contributed by atoms with van der Waals surface area (Å²) < 4.78 is 7.47. The second-order valence-corrected chi connectivity index (χ2v) is 6.11. The van der Waals surface area contributed by atoms with E-state index >= 15 is 0 Å². The molecule has 7 nitrogen and oxygen atoms in total. The maximum atomic E-state index is 12.1. The lowest BCUT2D eigenvalue weighted by Gasteiger charge is -2.17. The zero-order valence-electron chi connectivity index (χ0n) is 14.4. The summed E-state index contributed by atoms with van der Waals surface area (Å²) in [6.45, 7) is 7.54. The van der Waals surface area contributed by atoms with Crippen LogP contribution in [0.2, 0.25) is 0 Å². The highest BCUT2D eigenvalue weighted by atomic mass is 16.7. The van der Waals surface area contributed by atoms with Crippen molar-refractivity contribution in [3.05, 3.63) is 12.3 Å². The van der Waals surface area contributed by atoms with Gasteiger partial charge in [-0.3, -0.25) is 19.3 Å². The summed E-state index contributed by atoms with van der Waals surface area (Å²) in [5, 5.41) is 0.765. The summed E-state index contributed by atoms with van der Waals surface area (Å²) in [5.41, 5.74) is 0.276. The molecule has 0 radical (unpaired) electrons. The normalized spacial score (nSPS) is 25.6. The molecular weight excluding hydrogens is 300 g/mol. The van der Waals surface area contributed by atoms with E-state index in [4.69, 9.17) is 6.21 Å². The van der Waals surface area contributed by atoms with Crippen LogP contribution < -0.4 is 0 Å². The van der Waals surface area contributed by atoms with Crippen LogP contribution in [0.4, 0.5) is 0 Å². The smallest absolute Gasteiger partial charge is 0.333 e. The second kappa shape index (κ2) is 6.93. The Hall–Kier alpha value is -2.18. The number of hydroxylamine groups is 2. The van der Waals surface area contributed by atoms with Gasteiger partial charge in [-0.2, -0.15) is 0 Å². The van der Waals surface area contributed by atoms with E-state index in [1.807, 2.05) is 13.8 Å². The molecule has 3 amide bonds. The van der Waals surface area contributed by atoms with Gasteiger partial charge in [0.1, 0.15) is 0 Å². The van der Waals surface area contributed by atoms with Crippen LogP contribution in [0.15, 0.2) is 12.3 Å². The molecule has 0 aromatic rings. The van der Waals surface area contributed by atoms with Crippen LogP contribution in [0.3, 0.4) is 0 Å². The Labute approximate surface area is 136 Å². The Bertz CT molecular complexity index is 589. The van der Waals surface area contributed by atoms with Gasteiger partial charge in [0, 0.05) is 33.1 Å². The first kappa shape index (κ1) is 15.7. The van der Waals surface area contributed by atoms with E-state index < -0.39 is 18.3 Å². The molecule has 0 aliphatic carbocycles. The van der Waals surface area contributed by atoms with Crippen molar-refractivity contribution in [1.29, 1.82) is 0 Å². The molecular formula is C16H22N2O5. The first-order valence-electron chi connectivity index (χ1n) is 8.29. The summed E-state index contributed by atoms with van der Waals surface area (Å²) in [4.78, 5) is 53.6. The number of nitrogens with zero attached hydrogens (tertiary/aromatic N) is 2. The van der Waals surface area contributed by atoms with E-state index in [-0.39, 0.29) is 61.6 Å². The van der Waals surface area contributed by atoms with Crippen LogP contribution in [0.5, 0.6) is 0 Å². The molecule has 0 N–H and O–H groups in total. The number of likely N-dealkylation sites (tertiary alicyclic amines) is 1. The lowest BCUT2D eigenvalue weighted by Crippen LogP contribution is -2.33. The van der Waals surface area contributed by atoms with E-state index in [0.29, 0.717) is 0 Å². The summed E-state index contributed by atoms with van der Waals surface area (Å²) >= 11 is 0. The zero-order chi connectivity index (χ0) is 18.0. The first-order chi connectivity index (χ1) is 11.2. The number of imide groups is 1. The van der Waals surface area contributed by atoms with Gasteiger partial charge in [-0.1, -0.05) is 20.4 Å². The van der Waals surface area contributed by atoms with E-state index in [9.17, 15) is 19.2 Å². The maximum absolute atomic E-state index is 12.1. The quantitative estimate of drug-likeness (QED) is 0.690. The molecule has 0 aromatic heterocycles. The maximum Gasteiger partial charge on any atom is 0.333 e. The van der Waals surface area contributed by atoms with Crippen LogP contribution in [0.1, 0.15) is 47.3 Å². The Morgan fingerprint density at radius 1 is 1.39 bits per heavy atom. The average molecular weight is 323 g/mol. The van der Waals surface area contributed by atoms with Gasteiger partial charge in [-0.05, 0) is 18.8 Å². The van der Waals surface area contributed by atoms with Gasteiger partial charge >= 0.3 is 5.97 Å². The minimum Gasteiger partial charge on any atom is -0.334 e. The Morgan fingerprint density at radius 2 is 2.09 bits per heavy atom. The molecule has 2 atom stereocenters. The van der Waals surface area contributed by atoms with E-state index in [2.05, 4.69) is 6.58 Å². The van der Waals surface area contributed by atoms with Crippen LogP contribution >= 0.6 is 0 Å². The molecule has 2 fully saturated rings. The molecule has 2 rings (SSSR count). The van der Waals surface area contributed by atoms with Gasteiger partial charge in [0.2, 0.25) is 11.8 Å². The Kier molecular flexibility index (Phi) is 4.73. The van der Waals surface area contributed by atoms with Crippen molar-refractivity contribution in [2.75, 3.05) is 6.54 Å². The fraction of sp³-hybridized carbons (Fsp3) is 0.625. The van der Waals surface area contributed by atoms with Crippen molar-refractivity contribution in [1.82, 2.24) is 9.96 Å². The van der Waals surface area contributed by atoms with E-state index in [1.165, 1.54) is 4.90 Å². The van der Waals surface area contributed by atoms with Gasteiger partial charge in [0.25, 0.3) is 5.91 Å². The van der Waals surface area contributed by atoms with Crippen molar-refractivity contribution in [2.45, 2.75) is 45.9 Å². The van der Waals surface area contributed by atoms with Crippen molar-refractivity contribution in [2.24, 2.45) is 11.8 Å². The average Bonchev–Trinajstić information content (AvgIpc) is 2.91. The number of carbonyl (C=O) groups excluding carboxylic acids is 4. The van der Waals surface area contributed by atoms with Crippen LogP contribution in [0, 0.1) is 11.8 Å². The number of hydrogen-bond acceptors (Lipinski definition) is 5. The fourth-order valence-corrected chi connectivity index (χ4v) is 2.63. The van der Waals surface area contributed by atoms with Gasteiger partial charge in [-0.25, -0.2) is 4.79 Å². The van der Waals surface area contributed by atoms with Gasteiger partial charge in [0.15, 0.2) is 0 Å². The standard InChI is InChI=1S/C16H22N2O5/c1-10(2)12-9-14(20)17(16(12)22)8-4-5-15(21)23-18-11(3)6-7-13(18)19/h10,12H,3-9H2,1-2H3/i7D. The van der Waals surface area contributed by atoms with E-state index in [1.54, 1.807) is 0 Å². The van der Waals surface area contributed by atoms with Gasteiger partial charge in [-0.15, -0.1) is 5.06 Å². The zero-order valence-corrected chi connectivity index (χ0v) is 13.4. The number of hydrogen-bond donors (Lipinski definition) is 0.